The van der Waals surface area contributed by atoms with Gasteiger partial charge >= 0.3 is 0 Å². The lowest BCUT2D eigenvalue weighted by molar-refractivity contribution is 0.355. The number of fused-ring (bicyclic) bond motifs is 1. The molecular weight excluding hydrogens is 292 g/mol. The third kappa shape index (κ3) is 3.13. The number of hydrogen-bond donors (Lipinski definition) is 1. The van der Waals surface area contributed by atoms with E-state index in [9.17, 15) is 0 Å². The quantitative estimate of drug-likeness (QED) is 0.938. The summed E-state index contributed by atoms with van der Waals surface area (Å²) in [5.74, 6) is 2.68. The van der Waals surface area contributed by atoms with Gasteiger partial charge in [-0.15, -0.1) is 0 Å². The average molecular weight is 310 g/mol. The van der Waals surface area contributed by atoms with Gasteiger partial charge < -0.3 is 19.9 Å². The Morgan fingerprint density at radius 3 is 2.61 bits per heavy atom. The van der Waals surface area contributed by atoms with Crippen LogP contribution in [-0.4, -0.2) is 19.2 Å². The van der Waals surface area contributed by atoms with Gasteiger partial charge in [0.05, 0.1) is 19.7 Å². The van der Waals surface area contributed by atoms with Crippen molar-refractivity contribution in [1.82, 2.24) is 4.98 Å². The molecule has 0 atom stereocenters. The summed E-state index contributed by atoms with van der Waals surface area (Å²) in [5, 5.41) is 0.848. The van der Waals surface area contributed by atoms with E-state index in [0.717, 1.165) is 16.6 Å². The minimum Gasteiger partial charge on any atom is -0.493 e. The number of methoxy groups -OCH3 is 2. The molecule has 0 bridgehead atoms. The Hall–Kier alpha value is -2.95. The van der Waals surface area contributed by atoms with E-state index in [-0.39, 0.29) is 0 Å². The maximum absolute atomic E-state index is 6.01. The zero-order chi connectivity index (χ0) is 16.2. The van der Waals surface area contributed by atoms with Gasteiger partial charge in [-0.3, -0.25) is 4.98 Å². The van der Waals surface area contributed by atoms with E-state index in [1.165, 1.54) is 0 Å². The number of nitrogens with zero attached hydrogens (tertiary/aromatic N) is 1. The predicted octanol–water partition coefficient (Wildman–Crippen LogP) is 3.32. The summed E-state index contributed by atoms with van der Waals surface area (Å²) in [6, 6.07) is 5.51. The number of rotatable bonds is 4. The van der Waals surface area contributed by atoms with Gasteiger partial charge in [-0.2, -0.15) is 0 Å². The molecule has 2 N–H and O–H groups in total. The largest absolute Gasteiger partial charge is 0.493 e. The molecule has 0 fully saturated rings. The average Bonchev–Trinajstić information content (AvgIpc) is 2.78. The zero-order valence-electron chi connectivity index (χ0n) is 13.1. The predicted molar refractivity (Wildman–Crippen MR) is 89.6 cm³/mol. The Kier molecular flexibility index (Phi) is 4.19. The molecule has 0 aliphatic heterocycles. The molecule has 2 aromatic rings. The van der Waals surface area contributed by atoms with Crippen molar-refractivity contribution >= 4 is 10.9 Å². The van der Waals surface area contributed by atoms with E-state index < -0.39 is 0 Å². The van der Waals surface area contributed by atoms with E-state index >= 15 is 0 Å². The van der Waals surface area contributed by atoms with E-state index in [2.05, 4.69) is 4.98 Å². The molecule has 0 radical (unpaired) electrons. The van der Waals surface area contributed by atoms with Crippen molar-refractivity contribution in [2.24, 2.45) is 5.73 Å². The Morgan fingerprint density at radius 1 is 1.04 bits per heavy atom. The monoisotopic (exact) mass is 310 g/mol. The Morgan fingerprint density at radius 2 is 1.83 bits per heavy atom. The van der Waals surface area contributed by atoms with Crippen LogP contribution in [0.1, 0.15) is 6.42 Å². The summed E-state index contributed by atoms with van der Waals surface area (Å²) in [6.07, 6.45) is 10.00. The van der Waals surface area contributed by atoms with Crippen LogP contribution in [0.2, 0.25) is 0 Å². The van der Waals surface area contributed by atoms with E-state index in [0.29, 0.717) is 29.4 Å². The minimum absolute atomic E-state index is 0.632. The van der Waals surface area contributed by atoms with Crippen LogP contribution in [0, 0.1) is 0 Å². The number of benzene rings is 1. The molecule has 0 amide bonds. The van der Waals surface area contributed by atoms with Crippen LogP contribution in [0.25, 0.3) is 10.9 Å². The van der Waals surface area contributed by atoms with Gasteiger partial charge in [0.1, 0.15) is 11.5 Å². The lowest BCUT2D eigenvalue weighted by Crippen LogP contribution is -1.96. The summed E-state index contributed by atoms with van der Waals surface area (Å²) >= 11 is 0. The van der Waals surface area contributed by atoms with E-state index in [4.69, 9.17) is 19.9 Å². The second-order valence-electron chi connectivity index (χ2n) is 5.05. The lowest BCUT2D eigenvalue weighted by atomic mass is 10.2. The van der Waals surface area contributed by atoms with Crippen LogP contribution in [0.15, 0.2) is 60.2 Å². The van der Waals surface area contributed by atoms with Crippen molar-refractivity contribution in [3.05, 3.63) is 60.2 Å². The van der Waals surface area contributed by atoms with Crippen molar-refractivity contribution in [2.45, 2.75) is 6.42 Å². The number of hydrogen-bond acceptors (Lipinski definition) is 5. The van der Waals surface area contributed by atoms with Crippen molar-refractivity contribution in [3.8, 4) is 17.2 Å². The highest BCUT2D eigenvalue weighted by Gasteiger charge is 2.11. The van der Waals surface area contributed by atoms with Crippen molar-refractivity contribution in [2.75, 3.05) is 14.2 Å². The van der Waals surface area contributed by atoms with Crippen LogP contribution in [0.5, 0.6) is 17.2 Å². The summed E-state index contributed by atoms with van der Waals surface area (Å²) < 4.78 is 16.7. The molecule has 0 saturated carbocycles. The molecule has 0 unspecified atom stereocenters. The molecule has 1 aliphatic carbocycles. The van der Waals surface area contributed by atoms with Crippen molar-refractivity contribution in [3.63, 3.8) is 0 Å². The number of ether oxygens (including phenoxy) is 3. The van der Waals surface area contributed by atoms with Gasteiger partial charge in [-0.1, -0.05) is 6.08 Å². The summed E-state index contributed by atoms with van der Waals surface area (Å²) in [4.78, 5) is 4.36. The Balaban J connectivity index is 2.04. The maximum atomic E-state index is 6.01. The van der Waals surface area contributed by atoms with Gasteiger partial charge in [-0.05, 0) is 30.4 Å². The lowest BCUT2D eigenvalue weighted by Gasteiger charge is -2.12. The Bertz CT molecular complexity index is 822. The molecule has 1 aromatic carbocycles. The van der Waals surface area contributed by atoms with E-state index in [1.54, 1.807) is 20.4 Å². The number of aromatic nitrogens is 1. The highest BCUT2D eigenvalue weighted by atomic mass is 16.5. The summed E-state index contributed by atoms with van der Waals surface area (Å²) in [5.41, 5.74) is 7.39. The van der Waals surface area contributed by atoms with Crippen LogP contribution in [0.4, 0.5) is 0 Å². The fourth-order valence-corrected chi connectivity index (χ4v) is 2.36. The first-order chi connectivity index (χ1) is 11.2. The number of allylic oxidation sites excluding steroid dienone is 4. The summed E-state index contributed by atoms with van der Waals surface area (Å²) in [6.45, 7) is 0. The van der Waals surface area contributed by atoms with Gasteiger partial charge in [0.2, 0.25) is 0 Å². The third-order valence-corrected chi connectivity index (χ3v) is 3.53. The molecule has 0 saturated heterocycles. The van der Waals surface area contributed by atoms with Crippen LogP contribution < -0.4 is 19.9 Å². The molecule has 23 heavy (non-hydrogen) atoms. The fraction of sp³-hybridized carbons (Fsp3) is 0.167. The second-order valence-corrected chi connectivity index (χ2v) is 5.05. The second kappa shape index (κ2) is 6.44. The minimum atomic E-state index is 0.632. The summed E-state index contributed by atoms with van der Waals surface area (Å²) in [7, 11) is 3.20. The number of nitrogens with two attached hydrogens (primary N) is 1. The molecule has 3 rings (SSSR count). The van der Waals surface area contributed by atoms with Gasteiger partial charge in [-0.25, -0.2) is 0 Å². The molecule has 1 aromatic heterocycles. The van der Waals surface area contributed by atoms with Crippen LogP contribution in [0.3, 0.4) is 0 Å². The first kappa shape index (κ1) is 15.0. The molecule has 0 spiro atoms. The molecule has 5 nitrogen and oxygen atoms in total. The smallest absolute Gasteiger partial charge is 0.162 e. The van der Waals surface area contributed by atoms with Gasteiger partial charge in [0, 0.05) is 29.8 Å². The van der Waals surface area contributed by atoms with Crippen molar-refractivity contribution < 1.29 is 14.2 Å². The Labute approximate surface area is 134 Å². The third-order valence-electron chi connectivity index (χ3n) is 3.53. The van der Waals surface area contributed by atoms with Crippen LogP contribution >= 0.6 is 0 Å². The van der Waals surface area contributed by atoms with Gasteiger partial charge in [0.15, 0.2) is 11.5 Å². The van der Waals surface area contributed by atoms with Crippen LogP contribution in [-0.2, 0) is 0 Å². The first-order valence-corrected chi connectivity index (χ1v) is 7.22. The highest BCUT2D eigenvalue weighted by molar-refractivity contribution is 5.88. The molecular formula is C18H18N2O3. The normalized spacial score (nSPS) is 14.0. The molecule has 118 valence electrons. The fourth-order valence-electron chi connectivity index (χ4n) is 2.36. The first-order valence-electron chi connectivity index (χ1n) is 7.22. The number of pyridine rings is 1. The molecule has 1 aliphatic rings. The standard InChI is InChI=1S/C18H18N2O3/c1-21-17-10-14-15(11-18(17)22-2)20-9-8-16(14)23-13-5-3-4-12(19)6-7-13/h3,5-11H,4,19H2,1-2H3. The zero-order valence-corrected chi connectivity index (χ0v) is 13.1. The maximum Gasteiger partial charge on any atom is 0.162 e. The molecule has 5 heteroatoms. The van der Waals surface area contributed by atoms with Gasteiger partial charge in [0.25, 0.3) is 0 Å². The van der Waals surface area contributed by atoms with Crippen molar-refractivity contribution in [1.29, 1.82) is 0 Å². The topological polar surface area (TPSA) is 66.6 Å². The SMILES string of the molecule is COc1cc2nccc(OC3=CC=C(N)CC=C3)c2cc1OC. The van der Waals surface area contributed by atoms with E-state index in [1.807, 2.05) is 42.5 Å². The molecule has 1 heterocycles. The highest BCUT2D eigenvalue weighted by Crippen LogP contribution is 2.35.